The Kier molecular flexibility index (Phi) is 6.33. The van der Waals surface area contributed by atoms with Gasteiger partial charge in [0.1, 0.15) is 11.8 Å². The fraction of sp³-hybridized carbons (Fsp3) is 0.357. The van der Waals surface area contributed by atoms with E-state index in [1.165, 1.54) is 6.07 Å². The van der Waals surface area contributed by atoms with Gasteiger partial charge >= 0.3 is 11.9 Å². The molecule has 1 rings (SSSR count). The molecule has 0 aliphatic carbocycles. The molecule has 2 atom stereocenters. The first-order valence-corrected chi connectivity index (χ1v) is 6.47. The van der Waals surface area contributed by atoms with Gasteiger partial charge in [0.05, 0.1) is 19.6 Å². The van der Waals surface area contributed by atoms with Crippen molar-refractivity contribution in [3.8, 4) is 5.75 Å². The summed E-state index contributed by atoms with van der Waals surface area (Å²) in [5.41, 5.74) is 5.87. The number of ether oxygens (including phenoxy) is 1. The minimum absolute atomic E-state index is 0.00905. The van der Waals surface area contributed by atoms with Crippen LogP contribution in [0.1, 0.15) is 12.0 Å². The van der Waals surface area contributed by atoms with Crippen LogP contribution >= 0.6 is 0 Å². The number of aliphatic carboxylic acids is 1. The number of benzene rings is 1. The minimum Gasteiger partial charge on any atom is -0.508 e. The van der Waals surface area contributed by atoms with Crippen molar-refractivity contribution in [3.05, 3.63) is 29.8 Å². The number of carbonyl (C=O) groups excluding carboxylic acids is 2. The number of aromatic hydroxyl groups is 1. The lowest BCUT2D eigenvalue weighted by atomic mass is 10.0. The van der Waals surface area contributed by atoms with E-state index in [1.54, 1.807) is 18.2 Å². The molecular formula is C14H18N2O6. The van der Waals surface area contributed by atoms with Gasteiger partial charge in [-0.05, 0) is 11.6 Å². The predicted octanol–water partition coefficient (Wildman–Crippen LogP) is -0.605. The molecule has 1 aromatic carbocycles. The molecule has 0 aliphatic rings. The van der Waals surface area contributed by atoms with E-state index in [2.05, 4.69) is 10.1 Å². The van der Waals surface area contributed by atoms with Gasteiger partial charge in [0.25, 0.3) is 0 Å². The molecule has 0 fully saturated rings. The molecule has 0 bridgehead atoms. The topological polar surface area (TPSA) is 139 Å². The third-order valence-corrected chi connectivity index (χ3v) is 2.95. The molecule has 0 aromatic heterocycles. The van der Waals surface area contributed by atoms with Gasteiger partial charge in [-0.25, -0.2) is 4.79 Å². The molecule has 5 N–H and O–H groups in total. The van der Waals surface area contributed by atoms with Crippen molar-refractivity contribution in [1.29, 1.82) is 0 Å². The molecule has 1 amide bonds. The zero-order valence-corrected chi connectivity index (χ0v) is 12.0. The number of phenolic OH excluding ortho intramolecular Hbond substituents is 1. The SMILES string of the molecule is COC(=O)[C@H](Cc1ccccc1O)NC(=O)[C@@H](N)CC(=O)O. The van der Waals surface area contributed by atoms with Crippen LogP contribution in [0.5, 0.6) is 5.75 Å². The first-order valence-electron chi connectivity index (χ1n) is 6.47. The van der Waals surface area contributed by atoms with Crippen molar-refractivity contribution < 1.29 is 29.3 Å². The highest BCUT2D eigenvalue weighted by atomic mass is 16.5. The van der Waals surface area contributed by atoms with E-state index in [0.717, 1.165) is 7.11 Å². The maximum atomic E-state index is 11.8. The highest BCUT2D eigenvalue weighted by Crippen LogP contribution is 2.17. The van der Waals surface area contributed by atoms with Gasteiger partial charge in [0.15, 0.2) is 0 Å². The zero-order chi connectivity index (χ0) is 16.7. The molecule has 8 nitrogen and oxygen atoms in total. The summed E-state index contributed by atoms with van der Waals surface area (Å²) in [7, 11) is 1.16. The molecule has 0 aliphatic heterocycles. The van der Waals surface area contributed by atoms with Crippen molar-refractivity contribution >= 4 is 17.8 Å². The Morgan fingerprint density at radius 2 is 1.95 bits per heavy atom. The van der Waals surface area contributed by atoms with E-state index in [-0.39, 0.29) is 12.2 Å². The first-order chi connectivity index (χ1) is 10.3. The number of nitrogens with two attached hydrogens (primary N) is 1. The number of esters is 1. The molecule has 0 radical (unpaired) electrons. The Balaban J connectivity index is 2.81. The molecule has 0 saturated carbocycles. The Bertz CT molecular complexity index is 560. The van der Waals surface area contributed by atoms with Crippen LogP contribution in [0, 0.1) is 0 Å². The molecule has 0 spiro atoms. The molecule has 0 unspecified atom stereocenters. The van der Waals surface area contributed by atoms with Crippen LogP contribution in [0.15, 0.2) is 24.3 Å². The number of nitrogens with one attached hydrogen (secondary N) is 1. The molecule has 22 heavy (non-hydrogen) atoms. The van der Waals surface area contributed by atoms with E-state index in [4.69, 9.17) is 10.8 Å². The highest BCUT2D eigenvalue weighted by Gasteiger charge is 2.26. The normalized spacial score (nSPS) is 13.0. The van der Waals surface area contributed by atoms with Crippen LogP contribution < -0.4 is 11.1 Å². The minimum atomic E-state index is -1.28. The quantitative estimate of drug-likeness (QED) is 0.493. The predicted molar refractivity (Wildman–Crippen MR) is 76.0 cm³/mol. The highest BCUT2D eigenvalue weighted by molar-refractivity contribution is 5.89. The number of methoxy groups -OCH3 is 1. The molecule has 1 aromatic rings. The van der Waals surface area contributed by atoms with E-state index < -0.39 is 36.4 Å². The number of phenols is 1. The Hall–Kier alpha value is -2.61. The monoisotopic (exact) mass is 310 g/mol. The Morgan fingerprint density at radius 3 is 2.50 bits per heavy atom. The number of rotatable bonds is 7. The van der Waals surface area contributed by atoms with E-state index in [9.17, 15) is 19.5 Å². The second-order valence-electron chi connectivity index (χ2n) is 4.62. The Morgan fingerprint density at radius 1 is 1.32 bits per heavy atom. The maximum Gasteiger partial charge on any atom is 0.328 e. The average molecular weight is 310 g/mol. The second-order valence-corrected chi connectivity index (χ2v) is 4.62. The summed E-state index contributed by atoms with van der Waals surface area (Å²) in [6.07, 6.45) is -0.568. The summed E-state index contributed by atoms with van der Waals surface area (Å²) in [6.45, 7) is 0. The van der Waals surface area contributed by atoms with Gasteiger partial charge in [-0.15, -0.1) is 0 Å². The largest absolute Gasteiger partial charge is 0.508 e. The van der Waals surface area contributed by atoms with Crippen molar-refractivity contribution in [2.45, 2.75) is 24.9 Å². The standard InChI is InChI=1S/C14H18N2O6/c1-22-14(21)10(6-8-4-2-3-5-11(8)17)16-13(20)9(15)7-12(18)19/h2-5,9-10,17H,6-7,15H2,1H3,(H,16,20)(H,18,19)/t9-,10-/m0/s1. The fourth-order valence-corrected chi connectivity index (χ4v) is 1.80. The van der Waals surface area contributed by atoms with Crippen molar-refractivity contribution in [3.63, 3.8) is 0 Å². The van der Waals surface area contributed by atoms with Crippen LogP contribution in [0.2, 0.25) is 0 Å². The molecular weight excluding hydrogens is 292 g/mol. The van der Waals surface area contributed by atoms with Crippen LogP contribution in [0.4, 0.5) is 0 Å². The van der Waals surface area contributed by atoms with Crippen LogP contribution in [0.3, 0.4) is 0 Å². The lowest BCUT2D eigenvalue weighted by molar-refractivity contribution is -0.145. The third-order valence-electron chi connectivity index (χ3n) is 2.95. The summed E-state index contributed by atoms with van der Waals surface area (Å²) in [4.78, 5) is 34.1. The van der Waals surface area contributed by atoms with Gasteiger partial charge < -0.3 is 26.0 Å². The number of amides is 1. The van der Waals surface area contributed by atoms with Gasteiger partial charge in [0, 0.05) is 6.42 Å². The number of carboxylic acid groups (broad SMARTS) is 1. The van der Waals surface area contributed by atoms with Crippen molar-refractivity contribution in [2.24, 2.45) is 5.73 Å². The van der Waals surface area contributed by atoms with E-state index in [1.807, 2.05) is 0 Å². The second kappa shape index (κ2) is 7.99. The smallest absolute Gasteiger partial charge is 0.328 e. The van der Waals surface area contributed by atoms with Crippen molar-refractivity contribution in [1.82, 2.24) is 5.32 Å². The van der Waals surface area contributed by atoms with Crippen molar-refractivity contribution in [2.75, 3.05) is 7.11 Å². The maximum absolute atomic E-state index is 11.8. The van der Waals surface area contributed by atoms with Crippen LogP contribution in [-0.4, -0.2) is 47.3 Å². The fourth-order valence-electron chi connectivity index (χ4n) is 1.80. The number of hydrogen-bond donors (Lipinski definition) is 4. The summed E-state index contributed by atoms with van der Waals surface area (Å²) in [5.74, 6) is -2.76. The first kappa shape index (κ1) is 17.4. The summed E-state index contributed by atoms with van der Waals surface area (Å²) >= 11 is 0. The number of para-hydroxylation sites is 1. The zero-order valence-electron chi connectivity index (χ0n) is 12.0. The van der Waals surface area contributed by atoms with Gasteiger partial charge in [-0.3, -0.25) is 9.59 Å². The molecule has 8 heteroatoms. The van der Waals surface area contributed by atoms with Crippen LogP contribution in [-0.2, 0) is 25.5 Å². The van der Waals surface area contributed by atoms with E-state index in [0.29, 0.717) is 5.56 Å². The lowest BCUT2D eigenvalue weighted by Gasteiger charge is -2.19. The Labute approximate surface area is 126 Å². The molecule has 0 saturated heterocycles. The van der Waals surface area contributed by atoms with Crippen LogP contribution in [0.25, 0.3) is 0 Å². The summed E-state index contributed by atoms with van der Waals surface area (Å²) < 4.78 is 4.59. The lowest BCUT2D eigenvalue weighted by Crippen LogP contribution is -2.50. The van der Waals surface area contributed by atoms with Gasteiger partial charge in [-0.2, -0.15) is 0 Å². The summed E-state index contributed by atoms with van der Waals surface area (Å²) in [5, 5.41) is 20.7. The number of hydrogen-bond acceptors (Lipinski definition) is 6. The van der Waals surface area contributed by atoms with Gasteiger partial charge in [0.2, 0.25) is 5.91 Å². The number of carboxylic acids is 1. The third kappa shape index (κ3) is 5.06. The summed E-state index contributed by atoms with van der Waals surface area (Å²) in [6, 6.07) is 3.96. The van der Waals surface area contributed by atoms with Gasteiger partial charge in [-0.1, -0.05) is 18.2 Å². The number of carbonyl (C=O) groups is 3. The van der Waals surface area contributed by atoms with E-state index >= 15 is 0 Å². The molecule has 0 heterocycles. The molecule has 120 valence electrons. The average Bonchev–Trinajstić information content (AvgIpc) is 2.47.